The van der Waals surface area contributed by atoms with Gasteiger partial charge in [0.25, 0.3) is 11.8 Å². The molecule has 0 fully saturated rings. The lowest BCUT2D eigenvalue weighted by Crippen LogP contribution is -2.43. The van der Waals surface area contributed by atoms with E-state index in [4.69, 9.17) is 18.6 Å². The number of amides is 2. The van der Waals surface area contributed by atoms with Gasteiger partial charge in [-0.2, -0.15) is 0 Å². The maximum atomic E-state index is 13.6. The molecule has 2 aromatic heterocycles. The van der Waals surface area contributed by atoms with E-state index in [1.807, 2.05) is 30.3 Å². The highest BCUT2D eigenvalue weighted by Crippen LogP contribution is 2.33. The van der Waals surface area contributed by atoms with Crippen molar-refractivity contribution in [3.63, 3.8) is 0 Å². The van der Waals surface area contributed by atoms with Gasteiger partial charge in [-0.1, -0.05) is 28.8 Å². The second kappa shape index (κ2) is 10.5. The molecule has 1 N–H and O–H groups in total. The molecule has 10 nitrogen and oxygen atoms in total. The van der Waals surface area contributed by atoms with Gasteiger partial charge in [-0.15, -0.1) is 5.10 Å². The lowest BCUT2D eigenvalue weighted by atomic mass is 10.1. The number of carbonyl (C=O) groups is 2. The highest BCUT2D eigenvalue weighted by atomic mass is 32.1. The van der Waals surface area contributed by atoms with E-state index < -0.39 is 17.9 Å². The molecule has 1 aliphatic rings. The number of furan rings is 1. The topological polar surface area (TPSA) is 116 Å². The Morgan fingerprint density at radius 2 is 2.00 bits per heavy atom. The quantitative estimate of drug-likeness (QED) is 0.366. The Balaban J connectivity index is 1.46. The fourth-order valence-corrected chi connectivity index (χ4v) is 4.34. The zero-order valence-electron chi connectivity index (χ0n) is 19.2. The van der Waals surface area contributed by atoms with E-state index in [1.165, 1.54) is 11.2 Å². The molecule has 0 unspecified atom stereocenters. The predicted octanol–water partition coefficient (Wildman–Crippen LogP) is 3.57. The summed E-state index contributed by atoms with van der Waals surface area (Å²) < 4.78 is 25.7. The summed E-state index contributed by atoms with van der Waals surface area (Å²) in [6.07, 6.45) is 1.46. The molecule has 3 heterocycles. The molecule has 0 saturated heterocycles. The van der Waals surface area contributed by atoms with Gasteiger partial charge in [-0.25, -0.2) is 0 Å². The monoisotopic (exact) mass is 506 g/mol. The predicted molar refractivity (Wildman–Crippen MR) is 129 cm³/mol. The first-order valence-corrected chi connectivity index (χ1v) is 11.9. The number of methoxy groups -OCH3 is 1. The highest BCUT2D eigenvalue weighted by Gasteiger charge is 2.35. The van der Waals surface area contributed by atoms with Gasteiger partial charge in [0, 0.05) is 17.5 Å². The second-order valence-electron chi connectivity index (χ2n) is 7.86. The average molecular weight is 507 g/mol. The minimum absolute atomic E-state index is 0.0726. The summed E-state index contributed by atoms with van der Waals surface area (Å²) in [5, 5.41) is 8.39. The Morgan fingerprint density at radius 3 is 2.78 bits per heavy atom. The number of nitrogens with one attached hydrogen (secondary N) is 1. The number of hydrogen-bond acceptors (Lipinski definition) is 9. The standard InChI is InChI=1S/C25H22N4O6S/c1-32-19-6-3-2-5-17(19)13-29(25(31)18-14-36-28-27-18)23(21-7-4-10-33-21)24(30)26-12-16-8-9-20-22(11-16)35-15-34-20/h2-11,14,23H,12-13,15H2,1H3,(H,26,30)/t23-/m0/s1. The summed E-state index contributed by atoms with van der Waals surface area (Å²) in [4.78, 5) is 28.6. The third-order valence-corrected chi connectivity index (χ3v) is 6.15. The van der Waals surface area contributed by atoms with Crippen LogP contribution < -0.4 is 19.5 Å². The number of rotatable bonds is 9. The van der Waals surface area contributed by atoms with Gasteiger partial charge in [0.15, 0.2) is 23.2 Å². The molecular formula is C25H22N4O6S. The smallest absolute Gasteiger partial charge is 0.276 e. The third-order valence-electron chi connectivity index (χ3n) is 5.65. The Morgan fingerprint density at radius 1 is 1.14 bits per heavy atom. The summed E-state index contributed by atoms with van der Waals surface area (Å²) >= 11 is 1.05. The number of hydrogen-bond donors (Lipinski definition) is 1. The number of benzene rings is 2. The van der Waals surface area contributed by atoms with Crippen molar-refractivity contribution in [1.82, 2.24) is 19.8 Å². The molecule has 4 aromatic rings. The fraction of sp³-hybridized carbons (Fsp3) is 0.200. The van der Waals surface area contributed by atoms with Crippen molar-refractivity contribution in [1.29, 1.82) is 0 Å². The Hall–Kier alpha value is -4.38. The molecule has 11 heteroatoms. The van der Waals surface area contributed by atoms with Crippen LogP contribution in [0.1, 0.15) is 33.4 Å². The SMILES string of the molecule is COc1ccccc1CN(C(=O)c1csnn1)[C@H](C(=O)NCc1ccc2c(c1)OCO2)c1ccco1. The van der Waals surface area contributed by atoms with E-state index in [-0.39, 0.29) is 25.6 Å². The van der Waals surface area contributed by atoms with Gasteiger partial charge >= 0.3 is 0 Å². The van der Waals surface area contributed by atoms with E-state index in [0.717, 1.165) is 22.7 Å². The molecule has 0 saturated carbocycles. The van der Waals surface area contributed by atoms with Gasteiger partial charge < -0.3 is 28.8 Å². The van der Waals surface area contributed by atoms with Crippen LogP contribution in [0.25, 0.3) is 0 Å². The number of nitrogens with zero attached hydrogens (tertiary/aromatic N) is 3. The van der Waals surface area contributed by atoms with Gasteiger partial charge in [0.05, 0.1) is 19.9 Å². The molecule has 0 spiro atoms. The first-order valence-electron chi connectivity index (χ1n) is 11.0. The summed E-state index contributed by atoms with van der Waals surface area (Å²) in [5.41, 5.74) is 1.67. The van der Waals surface area contributed by atoms with Crippen LogP contribution in [0.4, 0.5) is 0 Å². The molecule has 0 radical (unpaired) electrons. The van der Waals surface area contributed by atoms with Gasteiger partial charge in [0.1, 0.15) is 11.5 Å². The van der Waals surface area contributed by atoms with E-state index in [0.29, 0.717) is 23.0 Å². The minimum Gasteiger partial charge on any atom is -0.496 e. The van der Waals surface area contributed by atoms with Crippen molar-refractivity contribution < 1.29 is 28.2 Å². The molecule has 1 aliphatic heterocycles. The van der Waals surface area contributed by atoms with Crippen molar-refractivity contribution >= 4 is 23.3 Å². The van der Waals surface area contributed by atoms with E-state index >= 15 is 0 Å². The van der Waals surface area contributed by atoms with Crippen molar-refractivity contribution in [2.75, 3.05) is 13.9 Å². The number of para-hydroxylation sites is 1. The maximum absolute atomic E-state index is 13.6. The molecule has 0 aliphatic carbocycles. The lowest BCUT2D eigenvalue weighted by molar-refractivity contribution is -0.126. The molecule has 2 aromatic carbocycles. The largest absolute Gasteiger partial charge is 0.496 e. The summed E-state index contributed by atoms with van der Waals surface area (Å²) in [5.74, 6) is 1.29. The van der Waals surface area contributed by atoms with Crippen LogP contribution in [0.5, 0.6) is 17.2 Å². The first kappa shape index (κ1) is 23.4. The third kappa shape index (κ3) is 4.86. The Kier molecular flexibility index (Phi) is 6.80. The molecule has 36 heavy (non-hydrogen) atoms. The van der Waals surface area contributed by atoms with Crippen molar-refractivity contribution in [2.45, 2.75) is 19.1 Å². The van der Waals surface area contributed by atoms with Crippen molar-refractivity contribution in [2.24, 2.45) is 0 Å². The molecule has 0 bridgehead atoms. The minimum atomic E-state index is -1.08. The van der Waals surface area contributed by atoms with E-state index in [9.17, 15) is 9.59 Å². The van der Waals surface area contributed by atoms with Crippen LogP contribution in [0.15, 0.2) is 70.7 Å². The van der Waals surface area contributed by atoms with E-state index in [1.54, 1.807) is 36.8 Å². The summed E-state index contributed by atoms with van der Waals surface area (Å²) in [6.45, 7) is 0.446. The van der Waals surface area contributed by atoms with Crippen LogP contribution in [0.2, 0.25) is 0 Å². The highest BCUT2D eigenvalue weighted by molar-refractivity contribution is 7.03. The zero-order valence-corrected chi connectivity index (χ0v) is 20.1. The molecule has 1 atom stereocenters. The first-order chi connectivity index (χ1) is 17.6. The normalized spacial score (nSPS) is 12.7. The molecular weight excluding hydrogens is 484 g/mol. The summed E-state index contributed by atoms with van der Waals surface area (Å²) in [6, 6.07) is 15.0. The van der Waals surface area contributed by atoms with Crippen LogP contribution in [0, 0.1) is 0 Å². The molecule has 5 rings (SSSR count). The number of carbonyl (C=O) groups excluding carboxylic acids is 2. The second-order valence-corrected chi connectivity index (χ2v) is 8.47. The van der Waals surface area contributed by atoms with Crippen molar-refractivity contribution in [3.05, 3.63) is 88.8 Å². The fourth-order valence-electron chi connectivity index (χ4n) is 3.91. The van der Waals surface area contributed by atoms with Crippen LogP contribution in [-0.4, -0.2) is 40.2 Å². The number of aromatic nitrogens is 2. The van der Waals surface area contributed by atoms with Crippen LogP contribution >= 0.6 is 11.5 Å². The zero-order chi connectivity index (χ0) is 24.9. The number of fused-ring (bicyclic) bond motifs is 1. The molecule has 2 amide bonds. The molecule has 184 valence electrons. The number of ether oxygens (including phenoxy) is 3. The maximum Gasteiger partial charge on any atom is 0.276 e. The summed E-state index contributed by atoms with van der Waals surface area (Å²) in [7, 11) is 1.55. The van der Waals surface area contributed by atoms with E-state index in [2.05, 4.69) is 14.9 Å². The average Bonchev–Trinajstić information content (AvgIpc) is 3.69. The van der Waals surface area contributed by atoms with Crippen molar-refractivity contribution in [3.8, 4) is 17.2 Å². The van der Waals surface area contributed by atoms with Crippen LogP contribution in [0.3, 0.4) is 0 Å². The lowest BCUT2D eigenvalue weighted by Gasteiger charge is -2.29. The Labute approximate surface area is 210 Å². The van der Waals surface area contributed by atoms with Gasteiger partial charge in [0.2, 0.25) is 6.79 Å². The van der Waals surface area contributed by atoms with Gasteiger partial charge in [-0.05, 0) is 47.4 Å². The Bertz CT molecular complexity index is 1340. The van der Waals surface area contributed by atoms with Crippen LogP contribution in [-0.2, 0) is 17.9 Å². The van der Waals surface area contributed by atoms with Gasteiger partial charge in [-0.3, -0.25) is 9.59 Å².